The Morgan fingerprint density at radius 3 is 2.90 bits per heavy atom. The molecule has 0 aliphatic heterocycles. The van der Waals surface area contributed by atoms with Gasteiger partial charge in [-0.25, -0.2) is 4.98 Å². The molecule has 1 aromatic carbocycles. The van der Waals surface area contributed by atoms with Crippen LogP contribution in [0.15, 0.2) is 47.3 Å². The van der Waals surface area contributed by atoms with E-state index in [2.05, 4.69) is 33.2 Å². The van der Waals surface area contributed by atoms with E-state index in [1.54, 1.807) is 29.8 Å². The van der Waals surface area contributed by atoms with Crippen molar-refractivity contribution in [2.45, 2.75) is 13.1 Å². The summed E-state index contributed by atoms with van der Waals surface area (Å²) in [5.74, 6) is 0.920. The van der Waals surface area contributed by atoms with Crippen LogP contribution < -0.4 is 10.1 Å². The van der Waals surface area contributed by atoms with Gasteiger partial charge in [0.2, 0.25) is 0 Å². The van der Waals surface area contributed by atoms with Gasteiger partial charge in [0.15, 0.2) is 0 Å². The summed E-state index contributed by atoms with van der Waals surface area (Å²) in [5.41, 5.74) is 2.42. The van der Waals surface area contributed by atoms with Crippen LogP contribution in [0.4, 0.5) is 0 Å². The largest absolute Gasteiger partial charge is 0.496 e. The van der Waals surface area contributed by atoms with Crippen molar-refractivity contribution in [1.82, 2.24) is 10.3 Å². The number of nitrogens with one attached hydrogen (secondary N) is 1. The van der Waals surface area contributed by atoms with E-state index in [-0.39, 0.29) is 0 Å². The van der Waals surface area contributed by atoms with E-state index in [1.165, 1.54) is 10.4 Å². The number of thiazole rings is 1. The van der Waals surface area contributed by atoms with Crippen molar-refractivity contribution < 1.29 is 4.74 Å². The number of nitrogens with zero attached hydrogens (tertiary/aromatic N) is 1. The number of hydrogen-bond donors (Lipinski definition) is 1. The summed E-state index contributed by atoms with van der Waals surface area (Å²) in [6.07, 6.45) is 1.95. The number of aromatic nitrogens is 1. The van der Waals surface area contributed by atoms with Gasteiger partial charge < -0.3 is 10.1 Å². The molecule has 0 aliphatic carbocycles. The predicted octanol–water partition coefficient (Wildman–Crippen LogP) is 4.17. The van der Waals surface area contributed by atoms with Gasteiger partial charge in [0.25, 0.3) is 0 Å². The van der Waals surface area contributed by atoms with E-state index in [9.17, 15) is 0 Å². The fourth-order valence-corrected chi connectivity index (χ4v) is 3.70. The lowest BCUT2D eigenvalue weighted by molar-refractivity contribution is 0.407. The highest BCUT2D eigenvalue weighted by Crippen LogP contribution is 2.27. The second-order valence-corrected chi connectivity index (χ2v) is 6.44. The van der Waals surface area contributed by atoms with Gasteiger partial charge in [0.1, 0.15) is 10.8 Å². The molecule has 1 N–H and O–H groups in total. The maximum atomic E-state index is 5.35. The molecule has 0 bridgehead atoms. The molecule has 5 heteroatoms. The van der Waals surface area contributed by atoms with Crippen LogP contribution in [0.5, 0.6) is 5.75 Å². The van der Waals surface area contributed by atoms with Crippen molar-refractivity contribution in [2.24, 2.45) is 0 Å². The molecule has 0 aliphatic rings. The molecule has 0 saturated heterocycles. The zero-order chi connectivity index (χ0) is 14.5. The summed E-state index contributed by atoms with van der Waals surface area (Å²) in [6.45, 7) is 1.55. The van der Waals surface area contributed by atoms with Crippen LogP contribution in [0.25, 0.3) is 10.4 Å². The van der Waals surface area contributed by atoms with Crippen molar-refractivity contribution >= 4 is 22.7 Å². The van der Waals surface area contributed by atoms with Gasteiger partial charge in [-0.3, -0.25) is 0 Å². The van der Waals surface area contributed by atoms with Gasteiger partial charge in [0, 0.05) is 30.4 Å². The summed E-state index contributed by atoms with van der Waals surface area (Å²) in [4.78, 5) is 5.70. The minimum Gasteiger partial charge on any atom is -0.496 e. The molecule has 2 heterocycles. The van der Waals surface area contributed by atoms with Crippen LogP contribution in [0, 0.1) is 0 Å². The topological polar surface area (TPSA) is 34.1 Å². The molecular formula is C16H16N2OS2. The van der Waals surface area contributed by atoms with Gasteiger partial charge >= 0.3 is 0 Å². The first-order valence-corrected chi connectivity index (χ1v) is 8.42. The normalized spacial score (nSPS) is 10.7. The molecular weight excluding hydrogens is 300 g/mol. The first kappa shape index (κ1) is 14.3. The molecule has 0 fully saturated rings. The molecule has 0 unspecified atom stereocenters. The molecule has 3 nitrogen and oxygen atoms in total. The Morgan fingerprint density at radius 1 is 1.19 bits per heavy atom. The molecule has 0 spiro atoms. The summed E-state index contributed by atoms with van der Waals surface area (Å²) >= 11 is 3.45. The monoisotopic (exact) mass is 316 g/mol. The molecule has 21 heavy (non-hydrogen) atoms. The van der Waals surface area contributed by atoms with Gasteiger partial charge in [0.05, 0.1) is 12.0 Å². The number of methoxy groups -OCH3 is 1. The molecule has 0 atom stereocenters. The smallest absolute Gasteiger partial charge is 0.123 e. The van der Waals surface area contributed by atoms with Crippen molar-refractivity contribution in [3.05, 3.63) is 57.9 Å². The van der Waals surface area contributed by atoms with E-state index in [1.807, 2.05) is 24.4 Å². The van der Waals surface area contributed by atoms with Gasteiger partial charge in [-0.2, -0.15) is 11.3 Å². The Kier molecular flexibility index (Phi) is 4.65. The zero-order valence-corrected chi connectivity index (χ0v) is 13.3. The van der Waals surface area contributed by atoms with Crippen molar-refractivity contribution in [3.63, 3.8) is 0 Å². The third-order valence-electron chi connectivity index (χ3n) is 3.14. The van der Waals surface area contributed by atoms with E-state index in [0.717, 1.165) is 29.4 Å². The lowest BCUT2D eigenvalue weighted by Crippen LogP contribution is -2.13. The lowest BCUT2D eigenvalue weighted by Gasteiger charge is -2.08. The second-order valence-electron chi connectivity index (χ2n) is 4.55. The first-order valence-electron chi connectivity index (χ1n) is 6.66. The molecule has 0 amide bonds. The summed E-state index contributed by atoms with van der Waals surface area (Å²) in [5, 5.41) is 8.77. The van der Waals surface area contributed by atoms with Gasteiger partial charge in [-0.15, -0.1) is 11.3 Å². The van der Waals surface area contributed by atoms with Crippen LogP contribution in [0.3, 0.4) is 0 Å². The number of thiophene rings is 1. The predicted molar refractivity (Wildman–Crippen MR) is 89.0 cm³/mol. The lowest BCUT2D eigenvalue weighted by atomic mass is 10.2. The molecule has 3 rings (SSSR count). The fraction of sp³-hybridized carbons (Fsp3) is 0.188. The third-order valence-corrected chi connectivity index (χ3v) is 4.87. The first-order chi connectivity index (χ1) is 10.4. The Hall–Kier alpha value is -1.69. The Morgan fingerprint density at radius 2 is 2.10 bits per heavy atom. The number of rotatable bonds is 6. The Labute approximate surface area is 132 Å². The van der Waals surface area contributed by atoms with Crippen molar-refractivity contribution in [2.75, 3.05) is 7.11 Å². The van der Waals surface area contributed by atoms with Crippen LogP contribution in [-0.4, -0.2) is 12.1 Å². The molecule has 0 radical (unpaired) electrons. The van der Waals surface area contributed by atoms with E-state index in [0.29, 0.717) is 0 Å². The standard InChI is InChI=1S/C16H16N2OS2/c1-19-14-5-3-2-4-12(14)8-17-10-16-18-9-15(21-16)13-6-7-20-11-13/h2-7,9,11,17H,8,10H2,1H3. The van der Waals surface area contributed by atoms with E-state index < -0.39 is 0 Å². The minimum atomic E-state index is 0.771. The highest BCUT2D eigenvalue weighted by molar-refractivity contribution is 7.15. The SMILES string of the molecule is COc1ccccc1CNCc1ncc(-c2ccsc2)s1. The molecule has 0 saturated carbocycles. The summed E-state index contributed by atoms with van der Waals surface area (Å²) < 4.78 is 5.35. The van der Waals surface area contributed by atoms with E-state index in [4.69, 9.17) is 4.74 Å². The number of benzene rings is 1. The quantitative estimate of drug-likeness (QED) is 0.741. The number of ether oxygens (including phenoxy) is 1. The maximum Gasteiger partial charge on any atom is 0.123 e. The highest BCUT2D eigenvalue weighted by atomic mass is 32.1. The third kappa shape index (κ3) is 3.50. The van der Waals surface area contributed by atoms with E-state index >= 15 is 0 Å². The fourth-order valence-electron chi connectivity index (χ4n) is 2.08. The average Bonchev–Trinajstić information content (AvgIpc) is 3.18. The molecule has 3 aromatic rings. The summed E-state index contributed by atoms with van der Waals surface area (Å²) in [6, 6.07) is 10.2. The van der Waals surface area contributed by atoms with Crippen LogP contribution in [-0.2, 0) is 13.1 Å². The Balaban J connectivity index is 1.58. The number of para-hydroxylation sites is 1. The molecule has 2 aromatic heterocycles. The zero-order valence-electron chi connectivity index (χ0n) is 11.7. The number of hydrogen-bond acceptors (Lipinski definition) is 5. The highest BCUT2D eigenvalue weighted by Gasteiger charge is 2.05. The van der Waals surface area contributed by atoms with Crippen LogP contribution in [0.1, 0.15) is 10.6 Å². The van der Waals surface area contributed by atoms with Crippen molar-refractivity contribution in [3.8, 4) is 16.2 Å². The molecule has 108 valence electrons. The Bertz CT molecular complexity index is 692. The second kappa shape index (κ2) is 6.85. The van der Waals surface area contributed by atoms with Crippen LogP contribution >= 0.6 is 22.7 Å². The summed E-state index contributed by atoms with van der Waals surface area (Å²) in [7, 11) is 1.70. The van der Waals surface area contributed by atoms with Crippen molar-refractivity contribution in [1.29, 1.82) is 0 Å². The minimum absolute atomic E-state index is 0.771. The average molecular weight is 316 g/mol. The maximum absolute atomic E-state index is 5.35. The van der Waals surface area contributed by atoms with Crippen LogP contribution in [0.2, 0.25) is 0 Å². The van der Waals surface area contributed by atoms with Gasteiger partial charge in [-0.05, 0) is 22.9 Å². The van der Waals surface area contributed by atoms with Gasteiger partial charge in [-0.1, -0.05) is 18.2 Å².